The van der Waals surface area contributed by atoms with Crippen molar-refractivity contribution in [2.45, 2.75) is 19.3 Å². The van der Waals surface area contributed by atoms with E-state index in [4.69, 9.17) is 16.3 Å². The Morgan fingerprint density at radius 3 is 2.38 bits per heavy atom. The Hall–Kier alpha value is -2.37. The molecule has 1 atom stereocenters. The van der Waals surface area contributed by atoms with E-state index in [0.717, 1.165) is 23.2 Å². The molecule has 2 fully saturated rings. The summed E-state index contributed by atoms with van der Waals surface area (Å²) >= 11 is 6.09. The van der Waals surface area contributed by atoms with Gasteiger partial charge < -0.3 is 15.0 Å². The quantitative estimate of drug-likeness (QED) is 0.817. The van der Waals surface area contributed by atoms with Gasteiger partial charge in [-0.3, -0.25) is 9.59 Å². The highest BCUT2D eigenvalue weighted by molar-refractivity contribution is 6.30. The first kappa shape index (κ1) is 19.9. The van der Waals surface area contributed by atoms with Crippen LogP contribution in [-0.2, 0) is 14.3 Å². The third-order valence-corrected chi connectivity index (χ3v) is 5.98. The van der Waals surface area contributed by atoms with E-state index in [-0.39, 0.29) is 23.7 Å². The number of piperidine rings is 1. The van der Waals surface area contributed by atoms with Gasteiger partial charge in [0, 0.05) is 36.3 Å². The lowest BCUT2D eigenvalue weighted by Crippen LogP contribution is -2.44. The smallest absolute Gasteiger partial charge is 0.228 e. The zero-order valence-electron chi connectivity index (χ0n) is 16.3. The Bertz CT molecular complexity index is 887. The van der Waals surface area contributed by atoms with Crippen LogP contribution >= 0.6 is 11.6 Å². The van der Waals surface area contributed by atoms with E-state index >= 15 is 0 Å². The molecular weight excluding hydrogens is 388 g/mol. The van der Waals surface area contributed by atoms with E-state index in [1.54, 1.807) is 0 Å². The molecule has 2 heterocycles. The van der Waals surface area contributed by atoms with E-state index < -0.39 is 0 Å². The van der Waals surface area contributed by atoms with Crippen LogP contribution in [0.4, 0.5) is 5.69 Å². The Morgan fingerprint density at radius 1 is 0.966 bits per heavy atom. The van der Waals surface area contributed by atoms with Crippen LogP contribution in [0, 0.1) is 11.8 Å². The van der Waals surface area contributed by atoms with Crippen molar-refractivity contribution in [3.05, 3.63) is 53.6 Å². The van der Waals surface area contributed by atoms with Crippen LogP contribution < -0.4 is 5.32 Å². The number of carbonyl (C=O) groups is 2. The third-order valence-electron chi connectivity index (χ3n) is 5.74. The Morgan fingerprint density at radius 2 is 1.69 bits per heavy atom. The molecule has 0 aromatic heterocycles. The predicted octanol–water partition coefficient (Wildman–Crippen LogP) is 4.22. The Labute approximate surface area is 176 Å². The molecule has 4 rings (SSSR count). The monoisotopic (exact) mass is 412 g/mol. The lowest BCUT2D eigenvalue weighted by Gasteiger charge is -2.32. The van der Waals surface area contributed by atoms with Crippen molar-refractivity contribution in [3.8, 4) is 11.1 Å². The number of likely N-dealkylation sites (tertiary alicyclic amines) is 1. The number of hydrogen-bond donors (Lipinski definition) is 1. The first-order valence-electron chi connectivity index (χ1n) is 10.1. The lowest BCUT2D eigenvalue weighted by molar-refractivity contribution is -0.138. The zero-order chi connectivity index (χ0) is 20.2. The molecule has 2 aliphatic heterocycles. The van der Waals surface area contributed by atoms with Crippen LogP contribution in [0.25, 0.3) is 11.1 Å². The van der Waals surface area contributed by atoms with Gasteiger partial charge in [-0.25, -0.2) is 0 Å². The van der Waals surface area contributed by atoms with E-state index in [2.05, 4.69) is 5.32 Å². The van der Waals surface area contributed by atoms with Crippen LogP contribution in [0.2, 0.25) is 5.02 Å². The van der Waals surface area contributed by atoms with Gasteiger partial charge in [-0.15, -0.1) is 0 Å². The molecule has 2 aromatic carbocycles. The van der Waals surface area contributed by atoms with Crippen LogP contribution in [-0.4, -0.2) is 43.0 Å². The molecule has 0 radical (unpaired) electrons. The average molecular weight is 413 g/mol. The number of hydrogen-bond acceptors (Lipinski definition) is 3. The minimum absolute atomic E-state index is 0.00499. The number of anilines is 1. The number of rotatable bonds is 4. The van der Waals surface area contributed by atoms with Gasteiger partial charge in [-0.1, -0.05) is 35.9 Å². The summed E-state index contributed by atoms with van der Waals surface area (Å²) in [6.45, 7) is 2.47. The number of amides is 2. The molecule has 6 heteroatoms. The molecule has 0 bridgehead atoms. The first-order chi connectivity index (χ1) is 14.1. The molecule has 1 N–H and O–H groups in total. The zero-order valence-corrected chi connectivity index (χ0v) is 17.0. The predicted molar refractivity (Wildman–Crippen MR) is 114 cm³/mol. The molecule has 0 saturated carbocycles. The molecule has 0 unspecified atom stereocenters. The molecule has 0 aliphatic carbocycles. The maximum atomic E-state index is 12.7. The van der Waals surface area contributed by atoms with Gasteiger partial charge >= 0.3 is 0 Å². The summed E-state index contributed by atoms with van der Waals surface area (Å²) in [5.41, 5.74) is 2.79. The highest BCUT2D eigenvalue weighted by Gasteiger charge is 2.32. The Kier molecular flexibility index (Phi) is 6.16. The van der Waals surface area contributed by atoms with E-state index in [1.165, 1.54) is 0 Å². The van der Waals surface area contributed by atoms with Gasteiger partial charge in [-0.05, 0) is 54.7 Å². The van der Waals surface area contributed by atoms with Gasteiger partial charge in [0.15, 0.2) is 0 Å². The molecule has 5 nitrogen and oxygen atoms in total. The Balaban J connectivity index is 1.34. The van der Waals surface area contributed by atoms with Crippen molar-refractivity contribution in [3.63, 3.8) is 0 Å². The van der Waals surface area contributed by atoms with Crippen molar-refractivity contribution in [1.29, 1.82) is 0 Å². The SMILES string of the molecule is O=C(Nc1cccc(-c2cccc(Cl)c2)c1)C1CCN(C(=O)[C@H]2CCOC2)CC1. The molecular formula is C23H25ClN2O3. The van der Waals surface area contributed by atoms with Crippen molar-refractivity contribution >= 4 is 29.1 Å². The molecule has 2 saturated heterocycles. The summed E-state index contributed by atoms with van der Waals surface area (Å²) < 4.78 is 5.32. The molecule has 2 amide bonds. The fraction of sp³-hybridized carbons (Fsp3) is 0.391. The molecule has 0 spiro atoms. The second-order valence-electron chi connectivity index (χ2n) is 7.74. The van der Waals surface area contributed by atoms with E-state index in [1.807, 2.05) is 53.4 Å². The summed E-state index contributed by atoms with van der Waals surface area (Å²) in [5.74, 6) is 0.114. The fourth-order valence-corrected chi connectivity index (χ4v) is 4.23. The van der Waals surface area contributed by atoms with E-state index in [9.17, 15) is 9.59 Å². The molecule has 29 heavy (non-hydrogen) atoms. The number of benzene rings is 2. The first-order valence-corrected chi connectivity index (χ1v) is 10.5. The molecule has 2 aliphatic rings. The summed E-state index contributed by atoms with van der Waals surface area (Å²) in [4.78, 5) is 27.1. The van der Waals surface area contributed by atoms with Crippen LogP contribution in [0.15, 0.2) is 48.5 Å². The number of nitrogens with one attached hydrogen (secondary N) is 1. The van der Waals surface area contributed by atoms with Crippen LogP contribution in [0.1, 0.15) is 19.3 Å². The number of nitrogens with zero attached hydrogens (tertiary/aromatic N) is 1. The van der Waals surface area contributed by atoms with Crippen molar-refractivity contribution < 1.29 is 14.3 Å². The standard InChI is InChI=1S/C23H25ClN2O3/c24-20-5-1-3-17(13-20)18-4-2-6-21(14-18)25-22(27)16-7-10-26(11-8-16)23(28)19-9-12-29-15-19/h1-6,13-14,16,19H,7-12,15H2,(H,25,27)/t19-/m0/s1. The summed E-state index contributed by atoms with van der Waals surface area (Å²) in [6, 6.07) is 15.4. The number of ether oxygens (including phenoxy) is 1. The van der Waals surface area contributed by atoms with E-state index in [0.29, 0.717) is 44.2 Å². The minimum atomic E-state index is -0.0753. The largest absolute Gasteiger partial charge is 0.381 e. The highest BCUT2D eigenvalue weighted by atomic mass is 35.5. The van der Waals surface area contributed by atoms with Gasteiger partial charge in [0.2, 0.25) is 11.8 Å². The third kappa shape index (κ3) is 4.80. The van der Waals surface area contributed by atoms with Crippen molar-refractivity contribution in [1.82, 2.24) is 4.90 Å². The summed E-state index contributed by atoms with van der Waals surface area (Å²) in [7, 11) is 0. The summed E-state index contributed by atoms with van der Waals surface area (Å²) in [6.07, 6.45) is 2.19. The number of halogens is 1. The second-order valence-corrected chi connectivity index (χ2v) is 8.18. The average Bonchev–Trinajstić information content (AvgIpc) is 3.28. The van der Waals surface area contributed by atoms with Gasteiger partial charge in [0.25, 0.3) is 0 Å². The maximum absolute atomic E-state index is 12.7. The minimum Gasteiger partial charge on any atom is -0.381 e. The van der Waals surface area contributed by atoms with Crippen molar-refractivity contribution in [2.75, 3.05) is 31.6 Å². The van der Waals surface area contributed by atoms with Crippen LogP contribution in [0.3, 0.4) is 0 Å². The van der Waals surface area contributed by atoms with Gasteiger partial charge in [0.05, 0.1) is 12.5 Å². The van der Waals surface area contributed by atoms with Crippen LogP contribution in [0.5, 0.6) is 0 Å². The lowest BCUT2D eigenvalue weighted by atomic mass is 9.94. The van der Waals surface area contributed by atoms with Gasteiger partial charge in [-0.2, -0.15) is 0 Å². The van der Waals surface area contributed by atoms with Gasteiger partial charge in [0.1, 0.15) is 0 Å². The van der Waals surface area contributed by atoms with Crippen molar-refractivity contribution in [2.24, 2.45) is 11.8 Å². The highest BCUT2D eigenvalue weighted by Crippen LogP contribution is 2.27. The molecule has 2 aromatic rings. The molecule has 152 valence electrons. The fourth-order valence-electron chi connectivity index (χ4n) is 4.04. The maximum Gasteiger partial charge on any atom is 0.228 e. The summed E-state index contributed by atoms with van der Waals surface area (Å²) in [5, 5.41) is 3.72. The second kappa shape index (κ2) is 8.97. The number of carbonyl (C=O) groups excluding carboxylic acids is 2. The normalized spacial score (nSPS) is 19.9. The topological polar surface area (TPSA) is 58.6 Å².